The second kappa shape index (κ2) is 5.52. The minimum Gasteiger partial charge on any atom is -0.357 e. The van der Waals surface area contributed by atoms with Crippen molar-refractivity contribution in [3.63, 3.8) is 0 Å². The van der Waals surface area contributed by atoms with Crippen molar-refractivity contribution in [1.29, 1.82) is 0 Å². The van der Waals surface area contributed by atoms with E-state index < -0.39 is 4.92 Å². The zero-order valence-electron chi connectivity index (χ0n) is 11.5. The summed E-state index contributed by atoms with van der Waals surface area (Å²) in [5.41, 5.74) is 2.66. The van der Waals surface area contributed by atoms with E-state index in [1.54, 1.807) is 7.05 Å². The van der Waals surface area contributed by atoms with Crippen LogP contribution in [0.3, 0.4) is 0 Å². The molecule has 7 heteroatoms. The number of nitrogens with zero attached hydrogens (tertiary/aromatic N) is 3. The van der Waals surface area contributed by atoms with Gasteiger partial charge in [0.15, 0.2) is 0 Å². The van der Waals surface area contributed by atoms with Gasteiger partial charge in [-0.15, -0.1) is 0 Å². The standard InChI is InChI=1S/C13H15N5O2/c1-8-4-5-9(2)10(6-8)16-12-11(18(19)20)7-15-13(14-3)17-12/h4-7H,1-3H3,(H2,14,15,16,17). The normalized spacial score (nSPS) is 10.2. The lowest BCUT2D eigenvalue weighted by Gasteiger charge is -2.10. The first-order chi connectivity index (χ1) is 9.51. The highest BCUT2D eigenvalue weighted by atomic mass is 16.6. The van der Waals surface area contributed by atoms with E-state index in [1.165, 1.54) is 6.20 Å². The van der Waals surface area contributed by atoms with Gasteiger partial charge in [0.2, 0.25) is 11.8 Å². The summed E-state index contributed by atoms with van der Waals surface area (Å²) in [6.45, 7) is 3.88. The van der Waals surface area contributed by atoms with Crippen molar-refractivity contribution >= 4 is 23.1 Å². The summed E-state index contributed by atoms with van der Waals surface area (Å²) in [6, 6.07) is 5.85. The van der Waals surface area contributed by atoms with E-state index in [0.29, 0.717) is 5.95 Å². The van der Waals surface area contributed by atoms with E-state index in [1.807, 2.05) is 32.0 Å². The van der Waals surface area contributed by atoms with E-state index in [9.17, 15) is 10.1 Å². The molecule has 1 heterocycles. The maximum absolute atomic E-state index is 11.0. The molecule has 1 aromatic carbocycles. The summed E-state index contributed by atoms with van der Waals surface area (Å²) in [5.74, 6) is 0.492. The maximum Gasteiger partial charge on any atom is 0.329 e. The quantitative estimate of drug-likeness (QED) is 0.657. The highest BCUT2D eigenvalue weighted by Gasteiger charge is 2.17. The lowest BCUT2D eigenvalue weighted by atomic mass is 10.1. The van der Waals surface area contributed by atoms with Gasteiger partial charge >= 0.3 is 5.69 Å². The van der Waals surface area contributed by atoms with Crippen LogP contribution in [0.15, 0.2) is 24.4 Å². The molecular weight excluding hydrogens is 258 g/mol. The molecule has 0 atom stereocenters. The molecule has 2 N–H and O–H groups in total. The van der Waals surface area contributed by atoms with Gasteiger partial charge in [-0.1, -0.05) is 12.1 Å². The van der Waals surface area contributed by atoms with Gasteiger partial charge in [-0.05, 0) is 31.0 Å². The van der Waals surface area contributed by atoms with Crippen LogP contribution < -0.4 is 10.6 Å². The molecule has 0 unspecified atom stereocenters. The number of benzene rings is 1. The van der Waals surface area contributed by atoms with E-state index in [-0.39, 0.29) is 11.5 Å². The molecule has 20 heavy (non-hydrogen) atoms. The number of hydrogen-bond acceptors (Lipinski definition) is 6. The number of anilines is 3. The Bertz CT molecular complexity index is 657. The van der Waals surface area contributed by atoms with E-state index in [2.05, 4.69) is 20.6 Å². The third-order valence-electron chi connectivity index (χ3n) is 2.84. The zero-order valence-corrected chi connectivity index (χ0v) is 11.5. The fourth-order valence-corrected chi connectivity index (χ4v) is 1.72. The minimum absolute atomic E-state index is 0.162. The predicted molar refractivity (Wildman–Crippen MR) is 77.4 cm³/mol. The monoisotopic (exact) mass is 273 g/mol. The summed E-state index contributed by atoms with van der Waals surface area (Å²) in [7, 11) is 1.66. The van der Waals surface area contributed by atoms with Gasteiger partial charge < -0.3 is 10.6 Å². The molecule has 0 aliphatic heterocycles. The average molecular weight is 273 g/mol. The highest BCUT2D eigenvalue weighted by molar-refractivity contribution is 5.68. The van der Waals surface area contributed by atoms with Gasteiger partial charge in [-0.2, -0.15) is 4.98 Å². The molecule has 0 aliphatic carbocycles. The van der Waals surface area contributed by atoms with Crippen LogP contribution >= 0.6 is 0 Å². The van der Waals surface area contributed by atoms with Crippen LogP contribution in [-0.4, -0.2) is 21.9 Å². The van der Waals surface area contributed by atoms with Crippen molar-refractivity contribution in [2.45, 2.75) is 13.8 Å². The summed E-state index contributed by atoms with van der Waals surface area (Å²) in [6.07, 6.45) is 1.19. The number of hydrogen-bond donors (Lipinski definition) is 2. The molecule has 0 saturated heterocycles. The van der Waals surface area contributed by atoms with Gasteiger partial charge in [0.1, 0.15) is 6.20 Å². The minimum atomic E-state index is -0.507. The van der Waals surface area contributed by atoms with Crippen molar-refractivity contribution in [3.05, 3.63) is 45.6 Å². The summed E-state index contributed by atoms with van der Waals surface area (Å²) in [5, 5.41) is 16.8. The molecule has 0 fully saturated rings. The Morgan fingerprint density at radius 2 is 2.05 bits per heavy atom. The van der Waals surface area contributed by atoms with Gasteiger partial charge in [0.25, 0.3) is 0 Å². The SMILES string of the molecule is CNc1ncc([N+](=O)[O-])c(Nc2cc(C)ccc2C)n1. The number of rotatable bonds is 4. The molecule has 0 spiro atoms. The average Bonchev–Trinajstić information content (AvgIpc) is 2.42. The van der Waals surface area contributed by atoms with Crippen molar-refractivity contribution in [2.75, 3.05) is 17.7 Å². The summed E-state index contributed by atoms with van der Waals surface area (Å²) in [4.78, 5) is 18.5. The first-order valence-corrected chi connectivity index (χ1v) is 6.04. The molecule has 7 nitrogen and oxygen atoms in total. The van der Waals surface area contributed by atoms with Crippen LogP contribution in [0.4, 0.5) is 23.1 Å². The molecule has 0 radical (unpaired) electrons. The Labute approximate surface area is 116 Å². The summed E-state index contributed by atoms with van der Waals surface area (Å²) < 4.78 is 0. The Morgan fingerprint density at radius 3 is 2.70 bits per heavy atom. The van der Waals surface area contributed by atoms with E-state index >= 15 is 0 Å². The first-order valence-electron chi connectivity index (χ1n) is 6.04. The number of aromatic nitrogens is 2. The maximum atomic E-state index is 11.0. The molecule has 0 saturated carbocycles. The smallest absolute Gasteiger partial charge is 0.329 e. The predicted octanol–water partition coefficient (Wildman–Crippen LogP) is 2.79. The molecular formula is C13H15N5O2. The molecule has 0 amide bonds. The molecule has 0 bridgehead atoms. The van der Waals surface area contributed by atoms with Crippen molar-refractivity contribution in [2.24, 2.45) is 0 Å². The lowest BCUT2D eigenvalue weighted by molar-refractivity contribution is -0.384. The molecule has 104 valence electrons. The largest absolute Gasteiger partial charge is 0.357 e. The van der Waals surface area contributed by atoms with Crippen LogP contribution in [0.25, 0.3) is 0 Å². The molecule has 0 aliphatic rings. The molecule has 2 rings (SSSR count). The third-order valence-corrected chi connectivity index (χ3v) is 2.84. The van der Waals surface area contributed by atoms with E-state index in [4.69, 9.17) is 0 Å². The van der Waals surface area contributed by atoms with Gasteiger partial charge in [-0.3, -0.25) is 10.1 Å². The topological polar surface area (TPSA) is 93.0 Å². The third kappa shape index (κ3) is 2.82. The lowest BCUT2D eigenvalue weighted by Crippen LogP contribution is -2.05. The fourth-order valence-electron chi connectivity index (χ4n) is 1.72. The number of nitro groups is 1. The second-order valence-corrected chi connectivity index (χ2v) is 4.38. The van der Waals surface area contributed by atoms with E-state index in [0.717, 1.165) is 16.8 Å². The fraction of sp³-hybridized carbons (Fsp3) is 0.231. The Balaban J connectivity index is 2.45. The first kappa shape index (κ1) is 13.7. The van der Waals surface area contributed by atoms with Crippen molar-refractivity contribution < 1.29 is 4.92 Å². The van der Waals surface area contributed by atoms with Crippen LogP contribution in [-0.2, 0) is 0 Å². The Morgan fingerprint density at radius 1 is 1.30 bits per heavy atom. The highest BCUT2D eigenvalue weighted by Crippen LogP contribution is 2.27. The second-order valence-electron chi connectivity index (χ2n) is 4.38. The summed E-state index contributed by atoms with van der Waals surface area (Å²) >= 11 is 0. The number of aryl methyl sites for hydroxylation is 2. The van der Waals surface area contributed by atoms with Crippen LogP contribution in [0.2, 0.25) is 0 Å². The van der Waals surface area contributed by atoms with Crippen LogP contribution in [0, 0.1) is 24.0 Å². The van der Waals surface area contributed by atoms with Gasteiger partial charge in [-0.25, -0.2) is 4.98 Å². The Kier molecular flexibility index (Phi) is 3.79. The van der Waals surface area contributed by atoms with Crippen molar-refractivity contribution in [3.8, 4) is 0 Å². The van der Waals surface area contributed by atoms with Crippen LogP contribution in [0.1, 0.15) is 11.1 Å². The number of nitrogens with one attached hydrogen (secondary N) is 2. The molecule has 1 aromatic heterocycles. The molecule has 2 aromatic rings. The zero-order chi connectivity index (χ0) is 14.7. The van der Waals surface area contributed by atoms with Crippen LogP contribution in [0.5, 0.6) is 0 Å². The van der Waals surface area contributed by atoms with Gasteiger partial charge in [0, 0.05) is 12.7 Å². The Hall–Kier alpha value is -2.70. The van der Waals surface area contributed by atoms with Crippen molar-refractivity contribution in [1.82, 2.24) is 9.97 Å². The van der Waals surface area contributed by atoms with Gasteiger partial charge in [0.05, 0.1) is 4.92 Å².